The van der Waals surface area contributed by atoms with E-state index in [0.717, 1.165) is 5.56 Å². The molecule has 0 fully saturated rings. The summed E-state index contributed by atoms with van der Waals surface area (Å²) in [5.74, 6) is -0.352. The standard InChI is InChI=1S/C15H13Cl3FN/c1-2-20-15(9-3-6-12(17)13(18)7-9)11-5-4-10(16)8-14(11)19/h3-8,15,20H,2H2,1H3. The van der Waals surface area contributed by atoms with Gasteiger partial charge in [-0.1, -0.05) is 53.9 Å². The van der Waals surface area contributed by atoms with Gasteiger partial charge in [0.2, 0.25) is 0 Å². The van der Waals surface area contributed by atoms with Crippen LogP contribution in [-0.4, -0.2) is 6.54 Å². The monoisotopic (exact) mass is 331 g/mol. The third-order valence-corrected chi connectivity index (χ3v) is 3.93. The summed E-state index contributed by atoms with van der Waals surface area (Å²) in [6, 6.07) is 9.62. The van der Waals surface area contributed by atoms with Crippen LogP contribution in [0.4, 0.5) is 4.39 Å². The lowest BCUT2D eigenvalue weighted by Gasteiger charge is -2.20. The first-order valence-corrected chi connectivity index (χ1v) is 7.29. The first-order chi connectivity index (χ1) is 9.52. The van der Waals surface area contributed by atoms with E-state index in [4.69, 9.17) is 34.8 Å². The molecule has 0 heterocycles. The number of benzene rings is 2. The maximum atomic E-state index is 14.1. The number of nitrogens with one attached hydrogen (secondary N) is 1. The second kappa shape index (κ2) is 6.77. The van der Waals surface area contributed by atoms with E-state index in [0.29, 0.717) is 27.2 Å². The fraction of sp³-hybridized carbons (Fsp3) is 0.200. The van der Waals surface area contributed by atoms with Crippen molar-refractivity contribution in [2.24, 2.45) is 0 Å². The fourth-order valence-corrected chi connectivity index (χ4v) is 2.50. The first kappa shape index (κ1) is 15.6. The van der Waals surface area contributed by atoms with Crippen LogP contribution in [0, 0.1) is 5.82 Å². The summed E-state index contributed by atoms with van der Waals surface area (Å²) in [6.07, 6.45) is 0. The summed E-state index contributed by atoms with van der Waals surface area (Å²) in [5, 5.41) is 4.53. The minimum Gasteiger partial charge on any atom is -0.306 e. The Balaban J connectivity index is 2.47. The fourth-order valence-electron chi connectivity index (χ4n) is 2.04. The lowest BCUT2D eigenvalue weighted by atomic mass is 9.98. The molecule has 2 rings (SSSR count). The van der Waals surface area contributed by atoms with Gasteiger partial charge in [0.05, 0.1) is 16.1 Å². The van der Waals surface area contributed by atoms with Gasteiger partial charge >= 0.3 is 0 Å². The van der Waals surface area contributed by atoms with Crippen molar-refractivity contribution < 1.29 is 4.39 Å². The molecule has 5 heteroatoms. The molecule has 20 heavy (non-hydrogen) atoms. The molecule has 1 unspecified atom stereocenters. The van der Waals surface area contributed by atoms with Gasteiger partial charge in [-0.2, -0.15) is 0 Å². The molecule has 0 aromatic heterocycles. The van der Waals surface area contributed by atoms with Gasteiger partial charge in [0, 0.05) is 10.6 Å². The van der Waals surface area contributed by atoms with E-state index in [9.17, 15) is 4.39 Å². The zero-order chi connectivity index (χ0) is 14.7. The van der Waals surface area contributed by atoms with Crippen molar-refractivity contribution in [3.63, 3.8) is 0 Å². The number of hydrogen-bond acceptors (Lipinski definition) is 1. The summed E-state index contributed by atoms with van der Waals surface area (Å²) in [6.45, 7) is 2.64. The van der Waals surface area contributed by atoms with Gasteiger partial charge in [0.15, 0.2) is 0 Å². The first-order valence-electron chi connectivity index (χ1n) is 6.16. The Kier molecular flexibility index (Phi) is 5.28. The Hall–Kier alpha value is -0.800. The van der Waals surface area contributed by atoms with Crippen LogP contribution in [-0.2, 0) is 0 Å². The average Bonchev–Trinajstić information content (AvgIpc) is 2.40. The van der Waals surface area contributed by atoms with Crippen molar-refractivity contribution in [2.45, 2.75) is 13.0 Å². The van der Waals surface area contributed by atoms with Crippen molar-refractivity contribution in [2.75, 3.05) is 6.54 Å². The van der Waals surface area contributed by atoms with Gasteiger partial charge in [0.25, 0.3) is 0 Å². The minimum absolute atomic E-state index is 0.299. The SMILES string of the molecule is CCNC(c1ccc(Cl)c(Cl)c1)c1ccc(Cl)cc1F. The van der Waals surface area contributed by atoms with Crippen LogP contribution in [0.3, 0.4) is 0 Å². The third-order valence-electron chi connectivity index (χ3n) is 2.96. The second-order valence-corrected chi connectivity index (χ2v) is 5.58. The molecule has 0 aliphatic carbocycles. The van der Waals surface area contributed by atoms with Crippen LogP contribution in [0.2, 0.25) is 15.1 Å². The Bertz CT molecular complexity index is 616. The van der Waals surface area contributed by atoms with Crippen LogP contribution in [0.15, 0.2) is 36.4 Å². The highest BCUT2D eigenvalue weighted by Crippen LogP contribution is 2.30. The molecule has 0 spiro atoms. The van der Waals surface area contributed by atoms with E-state index < -0.39 is 0 Å². The molecular weight excluding hydrogens is 320 g/mol. The van der Waals surface area contributed by atoms with Gasteiger partial charge in [-0.3, -0.25) is 0 Å². The van der Waals surface area contributed by atoms with Crippen molar-refractivity contribution >= 4 is 34.8 Å². The maximum Gasteiger partial charge on any atom is 0.129 e. The van der Waals surface area contributed by atoms with Crippen LogP contribution in [0.1, 0.15) is 24.1 Å². The van der Waals surface area contributed by atoms with Crippen LogP contribution >= 0.6 is 34.8 Å². The van der Waals surface area contributed by atoms with Gasteiger partial charge in [-0.05, 0) is 36.4 Å². The Labute approximate surface area is 132 Å². The van der Waals surface area contributed by atoms with E-state index >= 15 is 0 Å². The molecule has 0 radical (unpaired) electrons. The molecule has 106 valence electrons. The zero-order valence-corrected chi connectivity index (χ0v) is 13.0. The maximum absolute atomic E-state index is 14.1. The van der Waals surface area contributed by atoms with Crippen molar-refractivity contribution in [1.82, 2.24) is 5.32 Å². The van der Waals surface area contributed by atoms with Crippen LogP contribution < -0.4 is 5.32 Å². The molecule has 0 amide bonds. The Morgan fingerprint density at radius 2 is 1.80 bits per heavy atom. The number of rotatable bonds is 4. The van der Waals surface area contributed by atoms with Crippen molar-refractivity contribution in [1.29, 1.82) is 0 Å². The highest BCUT2D eigenvalue weighted by molar-refractivity contribution is 6.42. The van der Waals surface area contributed by atoms with E-state index in [1.54, 1.807) is 24.3 Å². The largest absolute Gasteiger partial charge is 0.306 e. The molecule has 0 bridgehead atoms. The predicted molar refractivity (Wildman–Crippen MR) is 83.4 cm³/mol. The second-order valence-electron chi connectivity index (χ2n) is 4.33. The Morgan fingerprint density at radius 1 is 1.05 bits per heavy atom. The summed E-state index contributed by atoms with van der Waals surface area (Å²) in [5.41, 5.74) is 1.37. The van der Waals surface area contributed by atoms with Crippen molar-refractivity contribution in [3.8, 4) is 0 Å². The summed E-state index contributed by atoms with van der Waals surface area (Å²) < 4.78 is 14.1. The molecule has 0 saturated carbocycles. The van der Waals surface area contributed by atoms with Gasteiger partial charge in [-0.25, -0.2) is 4.39 Å². The molecule has 2 aromatic rings. The van der Waals surface area contributed by atoms with Gasteiger partial charge in [0.1, 0.15) is 5.82 Å². The number of halogens is 4. The lowest BCUT2D eigenvalue weighted by molar-refractivity contribution is 0.559. The Morgan fingerprint density at radius 3 is 2.40 bits per heavy atom. The molecule has 1 nitrogen and oxygen atoms in total. The predicted octanol–water partition coefficient (Wildman–Crippen LogP) is 5.48. The molecule has 0 aliphatic heterocycles. The number of hydrogen-bond donors (Lipinski definition) is 1. The molecule has 0 aliphatic rings. The van der Waals surface area contributed by atoms with Crippen LogP contribution in [0.5, 0.6) is 0 Å². The zero-order valence-electron chi connectivity index (χ0n) is 10.8. The molecule has 1 atom stereocenters. The molecule has 0 saturated heterocycles. The highest BCUT2D eigenvalue weighted by Gasteiger charge is 2.18. The summed E-state index contributed by atoms with van der Waals surface area (Å²) >= 11 is 17.7. The lowest BCUT2D eigenvalue weighted by Crippen LogP contribution is -2.23. The van der Waals surface area contributed by atoms with E-state index in [1.807, 2.05) is 13.0 Å². The van der Waals surface area contributed by atoms with Crippen LogP contribution in [0.25, 0.3) is 0 Å². The average molecular weight is 333 g/mol. The van der Waals surface area contributed by atoms with E-state index in [2.05, 4.69) is 5.32 Å². The summed E-state index contributed by atoms with van der Waals surface area (Å²) in [4.78, 5) is 0. The molecular formula is C15H13Cl3FN. The third kappa shape index (κ3) is 3.44. The van der Waals surface area contributed by atoms with Crippen molar-refractivity contribution in [3.05, 3.63) is 68.4 Å². The van der Waals surface area contributed by atoms with E-state index in [1.165, 1.54) is 6.07 Å². The topological polar surface area (TPSA) is 12.0 Å². The molecule has 1 N–H and O–H groups in total. The van der Waals surface area contributed by atoms with Gasteiger partial charge < -0.3 is 5.32 Å². The summed E-state index contributed by atoms with van der Waals surface area (Å²) in [7, 11) is 0. The van der Waals surface area contributed by atoms with E-state index in [-0.39, 0.29) is 11.9 Å². The minimum atomic E-state index is -0.352. The highest BCUT2D eigenvalue weighted by atomic mass is 35.5. The smallest absolute Gasteiger partial charge is 0.129 e. The molecule has 2 aromatic carbocycles. The normalized spacial score (nSPS) is 12.4. The quantitative estimate of drug-likeness (QED) is 0.781. The van der Waals surface area contributed by atoms with Gasteiger partial charge in [-0.15, -0.1) is 0 Å².